The zero-order valence-electron chi connectivity index (χ0n) is 14.8. The van der Waals surface area contributed by atoms with Gasteiger partial charge in [-0.05, 0) is 43.1 Å². The van der Waals surface area contributed by atoms with Crippen molar-refractivity contribution in [1.82, 2.24) is 14.2 Å². The molecule has 2 fully saturated rings. The van der Waals surface area contributed by atoms with Crippen molar-refractivity contribution in [3.05, 3.63) is 24.3 Å². The summed E-state index contributed by atoms with van der Waals surface area (Å²) in [6, 6.07) is 8.51. The Kier molecular flexibility index (Phi) is 7.03. The van der Waals surface area contributed by atoms with E-state index in [4.69, 9.17) is 0 Å². The minimum atomic E-state index is 0. The van der Waals surface area contributed by atoms with Gasteiger partial charge in [-0.2, -0.15) is 4.37 Å². The first-order valence-electron chi connectivity index (χ1n) is 8.98. The van der Waals surface area contributed by atoms with E-state index in [0.717, 1.165) is 57.4 Å². The Labute approximate surface area is 169 Å². The lowest BCUT2D eigenvalue weighted by molar-refractivity contribution is -0.126. The molecule has 0 N–H and O–H groups in total. The second kappa shape index (κ2) is 9.26. The van der Waals surface area contributed by atoms with Crippen LogP contribution in [0, 0.1) is 0 Å². The normalized spacial score (nSPS) is 18.5. The Morgan fingerprint density at radius 3 is 2.58 bits per heavy atom. The van der Waals surface area contributed by atoms with Gasteiger partial charge in [0.1, 0.15) is 5.82 Å². The van der Waals surface area contributed by atoms with Crippen LogP contribution in [-0.2, 0) is 4.79 Å². The third-order valence-electron chi connectivity index (χ3n) is 5.01. The number of hydrogen-bond acceptors (Lipinski definition) is 6. The molecule has 3 heterocycles. The van der Waals surface area contributed by atoms with Crippen LogP contribution >= 0.6 is 35.7 Å². The maximum Gasteiger partial charge on any atom is 0.233 e. The molecule has 0 bridgehead atoms. The van der Waals surface area contributed by atoms with Crippen molar-refractivity contribution in [1.29, 1.82) is 0 Å². The molecule has 0 unspecified atom stereocenters. The van der Waals surface area contributed by atoms with E-state index in [0.29, 0.717) is 11.7 Å². The third kappa shape index (κ3) is 4.44. The summed E-state index contributed by atoms with van der Waals surface area (Å²) in [7, 11) is 0. The number of piperazine rings is 1. The van der Waals surface area contributed by atoms with Crippen LogP contribution in [0.25, 0.3) is 10.1 Å². The predicted octanol–water partition coefficient (Wildman–Crippen LogP) is 3.15. The molecule has 2 aliphatic rings. The van der Waals surface area contributed by atoms with Crippen molar-refractivity contribution in [2.75, 3.05) is 55.8 Å². The number of benzene rings is 1. The lowest BCUT2D eigenvalue weighted by Gasteiger charge is -2.35. The van der Waals surface area contributed by atoms with Crippen LogP contribution < -0.4 is 4.90 Å². The lowest BCUT2D eigenvalue weighted by Crippen LogP contribution is -2.46. The summed E-state index contributed by atoms with van der Waals surface area (Å²) in [5.74, 6) is 3.03. The van der Waals surface area contributed by atoms with Gasteiger partial charge in [-0.3, -0.25) is 9.69 Å². The summed E-state index contributed by atoms with van der Waals surface area (Å²) >= 11 is 3.33. The van der Waals surface area contributed by atoms with Gasteiger partial charge in [0.2, 0.25) is 5.91 Å². The number of halogens is 1. The van der Waals surface area contributed by atoms with Gasteiger partial charge < -0.3 is 9.80 Å². The first-order chi connectivity index (χ1) is 12.3. The monoisotopic (exact) mass is 412 g/mol. The first-order valence-corrected chi connectivity index (χ1v) is 10.9. The number of hydrogen-bond donors (Lipinski definition) is 0. The SMILES string of the molecule is Cl.O=C1CSCN1CCCCN1CCN(c2nsc3ccccc23)CC1. The number of carbonyl (C=O) groups is 1. The maximum absolute atomic E-state index is 11.6. The van der Waals surface area contributed by atoms with Crippen LogP contribution in [0.3, 0.4) is 0 Å². The minimum absolute atomic E-state index is 0. The topological polar surface area (TPSA) is 39.7 Å². The fourth-order valence-electron chi connectivity index (χ4n) is 3.52. The van der Waals surface area contributed by atoms with E-state index in [2.05, 4.69) is 38.4 Å². The molecule has 2 aromatic rings. The Morgan fingerprint density at radius 1 is 1.04 bits per heavy atom. The van der Waals surface area contributed by atoms with E-state index < -0.39 is 0 Å². The molecule has 0 radical (unpaired) electrons. The predicted molar refractivity (Wildman–Crippen MR) is 114 cm³/mol. The van der Waals surface area contributed by atoms with E-state index >= 15 is 0 Å². The molecule has 1 aromatic carbocycles. The van der Waals surface area contributed by atoms with Crippen LogP contribution in [-0.4, -0.2) is 71.0 Å². The number of anilines is 1. The van der Waals surface area contributed by atoms with Gasteiger partial charge in [0, 0.05) is 38.1 Å². The fraction of sp³-hybridized carbons (Fsp3) is 0.556. The average Bonchev–Trinajstić information content (AvgIpc) is 3.26. The molecule has 0 saturated carbocycles. The molecule has 1 amide bonds. The van der Waals surface area contributed by atoms with E-state index in [1.807, 2.05) is 4.90 Å². The van der Waals surface area contributed by atoms with Crippen LogP contribution in [0.15, 0.2) is 24.3 Å². The van der Waals surface area contributed by atoms with Gasteiger partial charge >= 0.3 is 0 Å². The first kappa shape index (κ1) is 19.7. The zero-order chi connectivity index (χ0) is 17.1. The van der Waals surface area contributed by atoms with E-state index in [1.54, 1.807) is 23.3 Å². The number of fused-ring (bicyclic) bond motifs is 1. The second-order valence-electron chi connectivity index (χ2n) is 6.67. The summed E-state index contributed by atoms with van der Waals surface area (Å²) in [6.07, 6.45) is 2.29. The minimum Gasteiger partial charge on any atom is -0.353 e. The molecule has 8 heteroatoms. The Morgan fingerprint density at radius 2 is 1.81 bits per heavy atom. The van der Waals surface area contributed by atoms with Gasteiger partial charge in [0.15, 0.2) is 0 Å². The molecular weight excluding hydrogens is 388 g/mol. The molecule has 0 aliphatic carbocycles. The smallest absolute Gasteiger partial charge is 0.233 e. The summed E-state index contributed by atoms with van der Waals surface area (Å²) in [5.41, 5.74) is 0. The number of rotatable bonds is 6. The zero-order valence-corrected chi connectivity index (χ0v) is 17.3. The molecule has 4 rings (SSSR count). The molecule has 5 nitrogen and oxygen atoms in total. The number of amides is 1. The molecule has 1 aromatic heterocycles. The molecule has 0 spiro atoms. The van der Waals surface area contributed by atoms with Crippen molar-refractivity contribution in [3.63, 3.8) is 0 Å². The molecule has 26 heavy (non-hydrogen) atoms. The molecule has 2 aliphatic heterocycles. The third-order valence-corrected chi connectivity index (χ3v) is 6.77. The molecule has 142 valence electrons. The van der Waals surface area contributed by atoms with Crippen molar-refractivity contribution in [3.8, 4) is 0 Å². The number of carbonyl (C=O) groups excluding carboxylic acids is 1. The summed E-state index contributed by atoms with van der Waals surface area (Å²) < 4.78 is 5.95. The number of aromatic nitrogens is 1. The quantitative estimate of drug-likeness (QED) is 0.681. The molecular formula is C18H25ClN4OS2. The maximum atomic E-state index is 11.6. The van der Waals surface area contributed by atoms with Crippen molar-refractivity contribution >= 4 is 57.5 Å². The largest absolute Gasteiger partial charge is 0.353 e. The van der Waals surface area contributed by atoms with Crippen molar-refractivity contribution < 1.29 is 4.79 Å². The summed E-state index contributed by atoms with van der Waals surface area (Å²) in [6.45, 7) is 6.37. The van der Waals surface area contributed by atoms with E-state index in [1.165, 1.54) is 16.5 Å². The number of unbranched alkanes of at least 4 members (excludes halogenated alkanes) is 1. The lowest BCUT2D eigenvalue weighted by atomic mass is 10.2. The van der Waals surface area contributed by atoms with Crippen LogP contribution in [0.5, 0.6) is 0 Å². The fourth-order valence-corrected chi connectivity index (χ4v) is 5.26. The number of thioether (sulfide) groups is 1. The molecule has 2 saturated heterocycles. The standard InChI is InChI=1S/C18H24N4OS2.ClH/c23-17-13-24-14-22(17)8-4-3-7-20-9-11-21(12-10-20)18-15-5-1-2-6-16(15)25-19-18;/h1-2,5-6H,3-4,7-14H2;1H. The van der Waals surface area contributed by atoms with Gasteiger partial charge in [-0.15, -0.1) is 24.2 Å². The Balaban J connectivity index is 0.00000196. The highest BCUT2D eigenvalue weighted by atomic mass is 35.5. The van der Waals surface area contributed by atoms with Crippen molar-refractivity contribution in [2.24, 2.45) is 0 Å². The van der Waals surface area contributed by atoms with Crippen LogP contribution in [0.2, 0.25) is 0 Å². The van der Waals surface area contributed by atoms with Crippen LogP contribution in [0.1, 0.15) is 12.8 Å². The van der Waals surface area contributed by atoms with E-state index in [-0.39, 0.29) is 12.4 Å². The molecule has 0 atom stereocenters. The highest BCUT2D eigenvalue weighted by molar-refractivity contribution is 8.00. The van der Waals surface area contributed by atoms with Gasteiger partial charge in [-0.1, -0.05) is 12.1 Å². The van der Waals surface area contributed by atoms with Crippen molar-refractivity contribution in [2.45, 2.75) is 12.8 Å². The average molecular weight is 413 g/mol. The van der Waals surface area contributed by atoms with E-state index in [9.17, 15) is 4.79 Å². The summed E-state index contributed by atoms with van der Waals surface area (Å²) in [4.78, 5) is 18.6. The Bertz CT molecular complexity index is 733. The van der Waals surface area contributed by atoms with Gasteiger partial charge in [-0.25, -0.2) is 0 Å². The highest BCUT2D eigenvalue weighted by Crippen LogP contribution is 2.29. The highest BCUT2D eigenvalue weighted by Gasteiger charge is 2.21. The number of nitrogens with zero attached hydrogens (tertiary/aromatic N) is 4. The summed E-state index contributed by atoms with van der Waals surface area (Å²) in [5, 5.41) is 1.29. The van der Waals surface area contributed by atoms with Gasteiger partial charge in [0.25, 0.3) is 0 Å². The second-order valence-corrected chi connectivity index (χ2v) is 8.43. The van der Waals surface area contributed by atoms with Gasteiger partial charge in [0.05, 0.1) is 16.3 Å². The Hall–Kier alpha value is -1.02. The van der Waals surface area contributed by atoms with Crippen LogP contribution in [0.4, 0.5) is 5.82 Å².